The van der Waals surface area contributed by atoms with E-state index in [0.717, 1.165) is 6.07 Å². The molecule has 0 amide bonds. The maximum absolute atomic E-state index is 13.6. The number of thiol groups is 1. The first-order valence-corrected chi connectivity index (χ1v) is 5.78. The first-order valence-electron chi connectivity index (χ1n) is 4.95. The Morgan fingerprint density at radius 3 is 1.70 bits per heavy atom. The molecule has 0 aliphatic heterocycles. The van der Waals surface area contributed by atoms with Gasteiger partial charge in [-0.25, -0.2) is 26.3 Å². The topological polar surface area (TPSA) is 0 Å². The van der Waals surface area contributed by atoms with Crippen LogP contribution in [0.15, 0.2) is 17.0 Å². The second-order valence-electron chi connectivity index (χ2n) is 3.73. The second kappa shape index (κ2) is 5.21. The molecule has 0 saturated heterocycles. The van der Waals surface area contributed by atoms with Crippen molar-refractivity contribution in [2.75, 3.05) is 0 Å². The van der Waals surface area contributed by atoms with Crippen LogP contribution in [0.4, 0.5) is 26.3 Å². The van der Waals surface area contributed by atoms with Crippen LogP contribution in [0.25, 0.3) is 11.1 Å². The third-order valence-electron chi connectivity index (χ3n) is 2.52. The minimum absolute atomic E-state index is 0.0768. The van der Waals surface area contributed by atoms with Crippen molar-refractivity contribution in [3.8, 4) is 11.1 Å². The van der Waals surface area contributed by atoms with Crippen LogP contribution in [0.2, 0.25) is 5.02 Å². The molecule has 0 N–H and O–H groups in total. The van der Waals surface area contributed by atoms with Gasteiger partial charge in [0.25, 0.3) is 0 Å². The molecule has 0 aliphatic carbocycles. The second-order valence-corrected chi connectivity index (χ2v) is 4.62. The van der Waals surface area contributed by atoms with Crippen LogP contribution in [0.3, 0.4) is 0 Å². The van der Waals surface area contributed by atoms with Gasteiger partial charge in [0.05, 0.1) is 10.6 Å². The Morgan fingerprint density at radius 2 is 1.20 bits per heavy atom. The number of hydrogen-bond acceptors (Lipinski definition) is 1. The van der Waals surface area contributed by atoms with Crippen LogP contribution in [0, 0.1) is 34.9 Å². The molecule has 2 aromatic carbocycles. The summed E-state index contributed by atoms with van der Waals surface area (Å²) in [4.78, 5) is -0.0768. The number of benzene rings is 2. The summed E-state index contributed by atoms with van der Waals surface area (Å²) in [5.41, 5.74) is -2.20. The summed E-state index contributed by atoms with van der Waals surface area (Å²) in [6.45, 7) is 0. The van der Waals surface area contributed by atoms with Gasteiger partial charge in [0.15, 0.2) is 23.3 Å². The molecule has 0 bridgehead atoms. The van der Waals surface area contributed by atoms with Crippen molar-refractivity contribution >= 4 is 24.2 Å². The van der Waals surface area contributed by atoms with E-state index < -0.39 is 46.0 Å². The van der Waals surface area contributed by atoms with E-state index in [9.17, 15) is 26.3 Å². The Morgan fingerprint density at radius 1 is 0.750 bits per heavy atom. The molecule has 0 saturated carbocycles. The van der Waals surface area contributed by atoms with Gasteiger partial charge < -0.3 is 0 Å². The van der Waals surface area contributed by atoms with Gasteiger partial charge in [0.2, 0.25) is 5.82 Å². The highest BCUT2D eigenvalue weighted by molar-refractivity contribution is 7.80. The molecule has 0 radical (unpaired) electrons. The summed E-state index contributed by atoms with van der Waals surface area (Å²) < 4.78 is 79.8. The third kappa shape index (κ3) is 2.25. The van der Waals surface area contributed by atoms with Crippen molar-refractivity contribution in [3.63, 3.8) is 0 Å². The fraction of sp³-hybridized carbons (Fsp3) is 0. The summed E-state index contributed by atoms with van der Waals surface area (Å²) in [6, 6.07) is 1.44. The van der Waals surface area contributed by atoms with Gasteiger partial charge in [-0.05, 0) is 12.1 Å². The SMILES string of the molecule is Fc1cc(Cl)c(S)cc1-c1c(F)c(F)c(F)c(F)c1F. The minimum atomic E-state index is -2.32. The summed E-state index contributed by atoms with van der Waals surface area (Å²) in [6.07, 6.45) is 0. The van der Waals surface area contributed by atoms with Crippen molar-refractivity contribution in [2.24, 2.45) is 0 Å². The number of hydrogen-bond donors (Lipinski definition) is 1. The quantitative estimate of drug-likeness (QED) is 0.319. The molecule has 0 spiro atoms. The third-order valence-corrected chi connectivity index (χ3v) is 3.33. The lowest BCUT2D eigenvalue weighted by molar-refractivity contribution is 0.381. The lowest BCUT2D eigenvalue weighted by Crippen LogP contribution is -2.05. The van der Waals surface area contributed by atoms with Gasteiger partial charge >= 0.3 is 0 Å². The molecule has 106 valence electrons. The molecule has 0 unspecified atom stereocenters. The molecule has 0 aliphatic rings. The summed E-state index contributed by atoms with van der Waals surface area (Å²) in [5, 5.41) is -0.168. The molecule has 8 heteroatoms. The molecule has 0 heterocycles. The largest absolute Gasteiger partial charge is 0.206 e. The van der Waals surface area contributed by atoms with E-state index in [1.165, 1.54) is 0 Å². The predicted octanol–water partition coefficient (Wildman–Crippen LogP) is 5.13. The van der Waals surface area contributed by atoms with Crippen molar-refractivity contribution in [1.82, 2.24) is 0 Å². The normalized spacial score (nSPS) is 11.0. The molecule has 2 rings (SSSR count). The Kier molecular flexibility index (Phi) is 3.93. The van der Waals surface area contributed by atoms with Crippen LogP contribution in [0.1, 0.15) is 0 Å². The van der Waals surface area contributed by atoms with E-state index in [-0.39, 0.29) is 9.92 Å². The summed E-state index contributed by atoms with van der Waals surface area (Å²) >= 11 is 9.33. The van der Waals surface area contributed by atoms with Gasteiger partial charge in [-0.15, -0.1) is 12.6 Å². The standard InChI is InChI=1S/C12H3ClF6S/c13-4-2-5(14)3(1-6(4)20)7-8(15)10(17)12(19)11(18)9(7)16/h1-2,20H. The Balaban J connectivity index is 2.87. The van der Waals surface area contributed by atoms with Crippen LogP contribution in [-0.2, 0) is 0 Å². The van der Waals surface area contributed by atoms with Gasteiger partial charge in [0, 0.05) is 10.5 Å². The van der Waals surface area contributed by atoms with Gasteiger partial charge in [0.1, 0.15) is 5.82 Å². The fourth-order valence-corrected chi connectivity index (χ4v) is 1.91. The Bertz CT molecular complexity index is 687. The number of rotatable bonds is 1. The smallest absolute Gasteiger partial charge is 0.200 e. The van der Waals surface area contributed by atoms with E-state index in [0.29, 0.717) is 6.07 Å². The van der Waals surface area contributed by atoms with Crippen LogP contribution >= 0.6 is 24.2 Å². The van der Waals surface area contributed by atoms with E-state index >= 15 is 0 Å². The van der Waals surface area contributed by atoms with E-state index in [2.05, 4.69) is 12.6 Å². The summed E-state index contributed by atoms with van der Waals surface area (Å²) in [5.74, 6) is -12.1. The average Bonchev–Trinajstić information content (AvgIpc) is 2.40. The fourth-order valence-electron chi connectivity index (χ4n) is 1.57. The van der Waals surface area contributed by atoms with Crippen molar-refractivity contribution in [1.29, 1.82) is 0 Å². The van der Waals surface area contributed by atoms with Crippen LogP contribution < -0.4 is 0 Å². The first-order chi connectivity index (χ1) is 9.25. The van der Waals surface area contributed by atoms with Gasteiger partial charge in [-0.1, -0.05) is 11.6 Å². The van der Waals surface area contributed by atoms with Crippen LogP contribution in [-0.4, -0.2) is 0 Å². The first kappa shape index (κ1) is 15.1. The zero-order valence-corrected chi connectivity index (χ0v) is 10.9. The highest BCUT2D eigenvalue weighted by Gasteiger charge is 2.28. The highest BCUT2D eigenvalue weighted by atomic mass is 35.5. The lowest BCUT2D eigenvalue weighted by Gasteiger charge is -2.10. The van der Waals surface area contributed by atoms with Crippen molar-refractivity contribution < 1.29 is 26.3 Å². The van der Waals surface area contributed by atoms with E-state index in [4.69, 9.17) is 11.6 Å². The maximum Gasteiger partial charge on any atom is 0.200 e. The molecule has 0 atom stereocenters. The average molecular weight is 329 g/mol. The lowest BCUT2D eigenvalue weighted by atomic mass is 10.0. The molecule has 0 fully saturated rings. The van der Waals surface area contributed by atoms with Gasteiger partial charge in [-0.2, -0.15) is 0 Å². The molecule has 20 heavy (non-hydrogen) atoms. The molecule has 0 nitrogen and oxygen atoms in total. The van der Waals surface area contributed by atoms with Gasteiger partial charge in [-0.3, -0.25) is 0 Å². The molecular formula is C12H3ClF6S. The Labute approximate surface area is 119 Å². The predicted molar refractivity (Wildman–Crippen MR) is 63.9 cm³/mol. The molecular weight excluding hydrogens is 326 g/mol. The molecule has 0 aromatic heterocycles. The van der Waals surface area contributed by atoms with Crippen molar-refractivity contribution in [2.45, 2.75) is 4.90 Å². The zero-order chi connectivity index (χ0) is 15.2. The summed E-state index contributed by atoms with van der Waals surface area (Å²) in [7, 11) is 0. The maximum atomic E-state index is 13.6. The van der Waals surface area contributed by atoms with E-state index in [1.807, 2.05) is 0 Å². The monoisotopic (exact) mass is 328 g/mol. The Hall–Kier alpha value is -1.34. The van der Waals surface area contributed by atoms with Crippen molar-refractivity contribution in [3.05, 3.63) is 52.1 Å². The number of halogens is 7. The minimum Gasteiger partial charge on any atom is -0.206 e. The molecule has 2 aromatic rings. The van der Waals surface area contributed by atoms with Crippen LogP contribution in [0.5, 0.6) is 0 Å². The zero-order valence-electron chi connectivity index (χ0n) is 9.25. The van der Waals surface area contributed by atoms with E-state index in [1.54, 1.807) is 0 Å². The highest BCUT2D eigenvalue weighted by Crippen LogP contribution is 2.36.